The first-order valence-electron chi connectivity index (χ1n) is 6.13. The Morgan fingerprint density at radius 3 is 2.36 bits per heavy atom. The van der Waals surface area contributed by atoms with Gasteiger partial charge in [-0.1, -0.05) is 29.3 Å². The van der Waals surface area contributed by atoms with Crippen molar-refractivity contribution in [1.29, 1.82) is 0 Å². The van der Waals surface area contributed by atoms with Gasteiger partial charge in [0, 0.05) is 5.69 Å². The van der Waals surface area contributed by atoms with Crippen molar-refractivity contribution in [2.75, 3.05) is 10.6 Å². The molecule has 116 valence electrons. The smallest absolute Gasteiger partial charge is 0.308 e. The van der Waals surface area contributed by atoms with E-state index in [1.54, 1.807) is 24.3 Å². The van der Waals surface area contributed by atoms with Crippen LogP contribution in [0.1, 0.15) is 11.1 Å². The molecule has 0 fully saturated rings. The number of hydrogen-bond acceptors (Lipinski definition) is 2. The van der Waals surface area contributed by atoms with E-state index in [9.17, 15) is 18.0 Å². The summed E-state index contributed by atoms with van der Waals surface area (Å²) in [5, 5.41) is 4.33. The molecule has 2 aromatic rings. The second-order valence-electron chi connectivity index (χ2n) is 4.51. The van der Waals surface area contributed by atoms with Crippen molar-refractivity contribution in [2.45, 2.75) is 13.1 Å². The number of alkyl halides is 3. The molecule has 1 heterocycles. The number of aryl methyl sites for hydroxylation is 1. The minimum atomic E-state index is -4.57. The van der Waals surface area contributed by atoms with Gasteiger partial charge in [-0.3, -0.25) is 5.32 Å². The highest BCUT2D eigenvalue weighted by molar-refractivity contribution is 6.29. The second-order valence-corrected chi connectivity index (χ2v) is 4.89. The summed E-state index contributed by atoms with van der Waals surface area (Å²) in [7, 11) is 0. The minimum Gasteiger partial charge on any atom is -0.308 e. The van der Waals surface area contributed by atoms with Crippen molar-refractivity contribution in [1.82, 2.24) is 4.98 Å². The summed E-state index contributed by atoms with van der Waals surface area (Å²) in [6, 6.07) is 7.59. The lowest BCUT2D eigenvalue weighted by molar-refractivity contribution is -0.137. The van der Waals surface area contributed by atoms with Crippen LogP contribution in [0.5, 0.6) is 0 Å². The Morgan fingerprint density at radius 1 is 1.14 bits per heavy atom. The molecule has 0 atom stereocenters. The lowest BCUT2D eigenvalue weighted by Crippen LogP contribution is -2.20. The monoisotopic (exact) mass is 329 g/mol. The number of aromatic nitrogens is 1. The molecule has 0 saturated heterocycles. The number of pyridine rings is 1. The predicted molar refractivity (Wildman–Crippen MR) is 78.1 cm³/mol. The van der Waals surface area contributed by atoms with Crippen molar-refractivity contribution in [3.63, 3.8) is 0 Å². The van der Waals surface area contributed by atoms with Crippen LogP contribution in [0.25, 0.3) is 0 Å². The molecule has 8 heteroatoms. The zero-order valence-electron chi connectivity index (χ0n) is 11.3. The summed E-state index contributed by atoms with van der Waals surface area (Å²) < 4.78 is 38.0. The van der Waals surface area contributed by atoms with Gasteiger partial charge in [0.1, 0.15) is 11.0 Å². The van der Waals surface area contributed by atoms with Gasteiger partial charge in [-0.05, 0) is 31.2 Å². The van der Waals surface area contributed by atoms with Crippen molar-refractivity contribution in [2.24, 2.45) is 0 Å². The van der Waals surface area contributed by atoms with E-state index >= 15 is 0 Å². The maximum atomic E-state index is 12.7. The van der Waals surface area contributed by atoms with Crippen LogP contribution in [-0.2, 0) is 6.18 Å². The molecule has 2 N–H and O–H groups in total. The fourth-order valence-corrected chi connectivity index (χ4v) is 1.85. The highest BCUT2D eigenvalue weighted by Crippen LogP contribution is 2.31. The summed E-state index contributed by atoms with van der Waals surface area (Å²) in [6.07, 6.45) is -4.57. The summed E-state index contributed by atoms with van der Waals surface area (Å²) in [6.45, 7) is 1.89. The molecule has 0 spiro atoms. The number of benzene rings is 1. The maximum Gasteiger partial charge on any atom is 0.416 e. The third kappa shape index (κ3) is 4.36. The van der Waals surface area contributed by atoms with Gasteiger partial charge in [0.05, 0.1) is 5.56 Å². The Hall–Kier alpha value is -2.28. The van der Waals surface area contributed by atoms with Gasteiger partial charge in [-0.2, -0.15) is 13.2 Å². The van der Waals surface area contributed by atoms with Crippen LogP contribution in [0.4, 0.5) is 29.5 Å². The largest absolute Gasteiger partial charge is 0.416 e. The molecule has 2 rings (SSSR count). The number of urea groups is 1. The molecular formula is C14H11ClF3N3O. The van der Waals surface area contributed by atoms with Crippen LogP contribution in [0.15, 0.2) is 36.4 Å². The number of nitrogens with zero attached hydrogens (tertiary/aromatic N) is 1. The highest BCUT2D eigenvalue weighted by atomic mass is 35.5. The number of carbonyl (C=O) groups is 1. The molecule has 4 nitrogen and oxygen atoms in total. The summed E-state index contributed by atoms with van der Waals surface area (Å²) in [4.78, 5) is 15.4. The van der Waals surface area contributed by atoms with Crippen molar-refractivity contribution in [3.05, 3.63) is 52.7 Å². The zero-order valence-corrected chi connectivity index (χ0v) is 12.1. The molecule has 0 aliphatic heterocycles. The van der Waals surface area contributed by atoms with Crippen LogP contribution in [0.2, 0.25) is 5.15 Å². The number of nitrogens with one attached hydrogen (secondary N) is 2. The van der Waals surface area contributed by atoms with E-state index < -0.39 is 17.8 Å². The molecule has 2 amide bonds. The molecule has 0 radical (unpaired) electrons. The molecule has 0 saturated carbocycles. The number of amides is 2. The predicted octanol–water partition coefficient (Wildman–Crippen LogP) is 4.71. The standard InChI is InChI=1S/C14H11ClF3N3O/c1-8-2-4-10(5-3-8)19-13(22)21-12-7-9(14(16,17)18)6-11(15)20-12/h2-7H,1H3,(H2,19,20,21,22). The first kappa shape index (κ1) is 16.1. The number of anilines is 2. The van der Waals surface area contributed by atoms with Crippen molar-refractivity contribution in [3.8, 4) is 0 Å². The summed E-state index contributed by atoms with van der Waals surface area (Å²) >= 11 is 5.53. The van der Waals surface area contributed by atoms with Crippen LogP contribution in [0, 0.1) is 6.92 Å². The van der Waals surface area contributed by atoms with Gasteiger partial charge in [-0.15, -0.1) is 0 Å². The van der Waals surface area contributed by atoms with E-state index in [-0.39, 0.29) is 11.0 Å². The molecule has 0 aliphatic carbocycles. The van der Waals surface area contributed by atoms with Gasteiger partial charge in [0.25, 0.3) is 0 Å². The third-order valence-corrected chi connectivity index (χ3v) is 2.87. The number of halogens is 4. The average molecular weight is 330 g/mol. The molecule has 1 aromatic carbocycles. The van der Waals surface area contributed by atoms with E-state index in [2.05, 4.69) is 15.6 Å². The number of hydrogen-bond donors (Lipinski definition) is 2. The fourth-order valence-electron chi connectivity index (χ4n) is 1.64. The Morgan fingerprint density at radius 2 is 1.77 bits per heavy atom. The van der Waals surface area contributed by atoms with Gasteiger partial charge in [0.15, 0.2) is 0 Å². The SMILES string of the molecule is Cc1ccc(NC(=O)Nc2cc(C(F)(F)F)cc(Cl)n2)cc1. The third-order valence-electron chi connectivity index (χ3n) is 2.67. The normalized spacial score (nSPS) is 11.1. The Bertz CT molecular complexity index is 687. The van der Waals surface area contributed by atoms with E-state index in [4.69, 9.17) is 11.6 Å². The lowest BCUT2D eigenvalue weighted by Gasteiger charge is -2.11. The zero-order chi connectivity index (χ0) is 16.3. The first-order chi connectivity index (χ1) is 10.2. The molecular weight excluding hydrogens is 319 g/mol. The molecule has 1 aromatic heterocycles. The Balaban J connectivity index is 2.11. The quantitative estimate of drug-likeness (QED) is 0.784. The van der Waals surface area contributed by atoms with Gasteiger partial charge < -0.3 is 5.32 Å². The van der Waals surface area contributed by atoms with E-state index in [1.165, 1.54) is 0 Å². The topological polar surface area (TPSA) is 54.0 Å². The first-order valence-corrected chi connectivity index (χ1v) is 6.51. The van der Waals surface area contributed by atoms with Gasteiger partial charge in [0.2, 0.25) is 0 Å². The molecule has 0 aliphatic rings. The minimum absolute atomic E-state index is 0.288. The lowest BCUT2D eigenvalue weighted by atomic mass is 10.2. The molecule has 22 heavy (non-hydrogen) atoms. The maximum absolute atomic E-state index is 12.7. The Kier molecular flexibility index (Phi) is 4.56. The van der Waals surface area contributed by atoms with Gasteiger partial charge >= 0.3 is 12.2 Å². The summed E-state index contributed by atoms with van der Waals surface area (Å²) in [5.74, 6) is -0.288. The highest BCUT2D eigenvalue weighted by Gasteiger charge is 2.31. The van der Waals surface area contributed by atoms with Crippen molar-refractivity contribution >= 4 is 29.1 Å². The van der Waals surface area contributed by atoms with Crippen LogP contribution in [-0.4, -0.2) is 11.0 Å². The Labute approximate surface area is 129 Å². The molecule has 0 unspecified atom stereocenters. The fraction of sp³-hybridized carbons (Fsp3) is 0.143. The van der Waals surface area contributed by atoms with Crippen molar-refractivity contribution < 1.29 is 18.0 Å². The van der Waals surface area contributed by atoms with Crippen LogP contribution < -0.4 is 10.6 Å². The number of rotatable bonds is 2. The summed E-state index contributed by atoms with van der Waals surface area (Å²) in [5.41, 5.74) is 0.525. The molecule has 0 bridgehead atoms. The van der Waals surface area contributed by atoms with E-state index in [0.717, 1.165) is 5.56 Å². The van der Waals surface area contributed by atoms with Gasteiger partial charge in [-0.25, -0.2) is 9.78 Å². The average Bonchev–Trinajstić information content (AvgIpc) is 2.39. The second kappa shape index (κ2) is 6.23. The number of carbonyl (C=O) groups excluding carboxylic acids is 1. The van der Waals surface area contributed by atoms with E-state index in [1.807, 2.05) is 6.92 Å². The van der Waals surface area contributed by atoms with Crippen LogP contribution >= 0.6 is 11.6 Å². The van der Waals surface area contributed by atoms with E-state index in [0.29, 0.717) is 17.8 Å². The van der Waals surface area contributed by atoms with Crippen LogP contribution in [0.3, 0.4) is 0 Å².